The highest BCUT2D eigenvalue weighted by molar-refractivity contribution is 6.20. The van der Waals surface area contributed by atoms with E-state index in [1.807, 2.05) is 0 Å². The van der Waals surface area contributed by atoms with Gasteiger partial charge in [0.25, 0.3) is 11.8 Å². The third kappa shape index (κ3) is 2.25. The van der Waals surface area contributed by atoms with E-state index in [0.717, 1.165) is 32.1 Å². The first-order valence-electron chi connectivity index (χ1n) is 7.96. The summed E-state index contributed by atoms with van der Waals surface area (Å²) >= 11 is 0. The molecule has 6 heteroatoms. The zero-order valence-electron chi connectivity index (χ0n) is 12.5. The first kappa shape index (κ1) is 14.4. The molecule has 4 rings (SSSR count). The minimum atomic E-state index is -0.885. The first-order chi connectivity index (χ1) is 11.2. The molecule has 120 valence electrons. The van der Waals surface area contributed by atoms with Gasteiger partial charge in [0, 0.05) is 11.6 Å². The molecule has 0 aromatic heterocycles. The molecule has 0 bridgehead atoms. The number of rotatable bonds is 2. The number of benzene rings is 1. The fourth-order valence-corrected chi connectivity index (χ4v) is 3.63. The molecule has 0 radical (unpaired) electrons. The van der Waals surface area contributed by atoms with Crippen molar-refractivity contribution >= 4 is 17.5 Å². The molecule has 5 nitrogen and oxygen atoms in total. The van der Waals surface area contributed by atoms with Gasteiger partial charge in [0.05, 0.1) is 11.3 Å². The average Bonchev–Trinajstić information content (AvgIpc) is 3.10. The molecule has 1 N–H and O–H groups in total. The average molecular weight is 316 g/mol. The quantitative estimate of drug-likeness (QED) is 0.849. The summed E-state index contributed by atoms with van der Waals surface area (Å²) in [6.07, 6.45) is 4.06. The Hall–Kier alpha value is -2.21. The Bertz CT molecular complexity index is 692. The Morgan fingerprint density at radius 2 is 1.78 bits per heavy atom. The van der Waals surface area contributed by atoms with E-state index < -0.39 is 6.10 Å². The number of halogens is 1. The van der Waals surface area contributed by atoms with Gasteiger partial charge in [-0.1, -0.05) is 19.3 Å². The highest BCUT2D eigenvalue weighted by atomic mass is 19.1. The second-order valence-corrected chi connectivity index (χ2v) is 6.20. The van der Waals surface area contributed by atoms with Crippen LogP contribution in [0.25, 0.3) is 5.70 Å². The predicted octanol–water partition coefficient (Wildman–Crippen LogP) is 2.14. The number of nitrogens with one attached hydrogen (secondary N) is 1. The number of amides is 2. The molecule has 1 aliphatic carbocycles. The van der Waals surface area contributed by atoms with Crippen LogP contribution in [0, 0.1) is 5.82 Å². The Kier molecular flexibility index (Phi) is 3.41. The van der Waals surface area contributed by atoms with Gasteiger partial charge in [0.1, 0.15) is 5.82 Å². The van der Waals surface area contributed by atoms with E-state index in [2.05, 4.69) is 5.48 Å². The second-order valence-electron chi connectivity index (χ2n) is 6.20. The molecule has 1 aromatic rings. The molecule has 23 heavy (non-hydrogen) atoms. The summed E-state index contributed by atoms with van der Waals surface area (Å²) in [5.74, 6) is -0.926. The van der Waals surface area contributed by atoms with Crippen LogP contribution < -0.4 is 5.48 Å². The normalized spacial score (nSPS) is 25.1. The number of nitrogens with zero attached hydrogens (tertiary/aromatic N) is 1. The van der Waals surface area contributed by atoms with Gasteiger partial charge in [-0.15, -0.1) is 0 Å². The van der Waals surface area contributed by atoms with Crippen LogP contribution in [-0.4, -0.2) is 28.9 Å². The summed E-state index contributed by atoms with van der Waals surface area (Å²) in [5.41, 5.74) is 4.11. The number of hydrogen-bond donors (Lipinski definition) is 1. The molecule has 1 aromatic carbocycles. The lowest BCUT2D eigenvalue weighted by atomic mass is 9.94. The summed E-state index contributed by atoms with van der Waals surface area (Å²) in [6.45, 7) is 0. The Morgan fingerprint density at radius 3 is 2.48 bits per heavy atom. The molecule has 2 heterocycles. The van der Waals surface area contributed by atoms with Crippen LogP contribution >= 0.6 is 0 Å². The van der Waals surface area contributed by atoms with E-state index in [1.54, 1.807) is 12.1 Å². The minimum absolute atomic E-state index is 0.0279. The first-order valence-corrected chi connectivity index (χ1v) is 7.96. The third-order valence-electron chi connectivity index (χ3n) is 4.79. The van der Waals surface area contributed by atoms with Gasteiger partial charge in [-0.2, -0.15) is 0 Å². The molecular weight excluding hydrogens is 299 g/mol. The third-order valence-corrected chi connectivity index (χ3v) is 4.79. The highest BCUT2D eigenvalue weighted by Gasteiger charge is 2.52. The van der Waals surface area contributed by atoms with Crippen molar-refractivity contribution in [2.45, 2.75) is 44.2 Å². The maximum absolute atomic E-state index is 13.1. The zero-order chi connectivity index (χ0) is 16.0. The van der Waals surface area contributed by atoms with Gasteiger partial charge in [-0.25, -0.2) is 4.39 Å². The smallest absolute Gasteiger partial charge is 0.266 e. The lowest BCUT2D eigenvalue weighted by Gasteiger charge is -2.29. The van der Waals surface area contributed by atoms with Crippen molar-refractivity contribution < 1.29 is 18.8 Å². The van der Waals surface area contributed by atoms with Gasteiger partial charge >= 0.3 is 0 Å². The summed E-state index contributed by atoms with van der Waals surface area (Å²) in [4.78, 5) is 32.1. The van der Waals surface area contributed by atoms with Gasteiger partial charge in [-0.05, 0) is 37.1 Å². The number of imide groups is 1. The van der Waals surface area contributed by atoms with Crippen molar-refractivity contribution in [2.75, 3.05) is 0 Å². The van der Waals surface area contributed by atoms with Crippen molar-refractivity contribution in [3.8, 4) is 0 Å². The number of fused-ring (bicyclic) bond motifs is 1. The molecule has 0 unspecified atom stereocenters. The van der Waals surface area contributed by atoms with Crippen LogP contribution in [-0.2, 0) is 14.4 Å². The van der Waals surface area contributed by atoms with Crippen LogP contribution in [0.15, 0.2) is 29.8 Å². The molecular formula is C17H17FN2O3. The Morgan fingerprint density at radius 1 is 1.09 bits per heavy atom. The number of carbonyl (C=O) groups is 2. The van der Waals surface area contributed by atoms with Crippen LogP contribution in [0.2, 0.25) is 0 Å². The predicted molar refractivity (Wildman–Crippen MR) is 80.1 cm³/mol. The standard InChI is InChI=1S/C17H17FN2O3/c18-11-8-6-10(7-9-11)14-13-15(23-19-14)17(22)20(16(13)21)12-4-2-1-3-5-12/h6-9,12,15,19H,1-5H2/t15-/m0/s1. The van der Waals surface area contributed by atoms with Crippen LogP contribution in [0.1, 0.15) is 37.7 Å². The molecule has 2 amide bonds. The molecule has 0 spiro atoms. The van der Waals surface area contributed by atoms with E-state index in [1.165, 1.54) is 17.0 Å². The second kappa shape index (κ2) is 5.45. The fourth-order valence-electron chi connectivity index (χ4n) is 3.63. The number of hydroxylamine groups is 1. The molecule has 2 aliphatic heterocycles. The minimum Gasteiger partial charge on any atom is -0.273 e. The van der Waals surface area contributed by atoms with Crippen LogP contribution in [0.5, 0.6) is 0 Å². The number of likely N-dealkylation sites (tertiary alicyclic amines) is 1. The maximum atomic E-state index is 13.1. The van der Waals surface area contributed by atoms with Crippen molar-refractivity contribution in [3.63, 3.8) is 0 Å². The van der Waals surface area contributed by atoms with E-state index in [9.17, 15) is 14.0 Å². The topological polar surface area (TPSA) is 58.6 Å². The molecule has 1 atom stereocenters. The van der Waals surface area contributed by atoms with Gasteiger partial charge in [-0.3, -0.25) is 24.8 Å². The molecule has 1 saturated carbocycles. The fraction of sp³-hybridized carbons (Fsp3) is 0.412. The van der Waals surface area contributed by atoms with Gasteiger partial charge < -0.3 is 0 Å². The van der Waals surface area contributed by atoms with Crippen molar-refractivity contribution in [2.24, 2.45) is 0 Å². The van der Waals surface area contributed by atoms with Gasteiger partial charge in [0.15, 0.2) is 6.10 Å². The highest BCUT2D eigenvalue weighted by Crippen LogP contribution is 2.36. The SMILES string of the molecule is O=C1C2=C(c3ccc(F)cc3)NO[C@@H]2C(=O)N1C1CCCCC1. The van der Waals surface area contributed by atoms with Crippen molar-refractivity contribution in [1.29, 1.82) is 0 Å². The molecule has 3 aliphatic rings. The van der Waals surface area contributed by atoms with E-state index in [4.69, 9.17) is 4.84 Å². The van der Waals surface area contributed by atoms with Crippen molar-refractivity contribution in [1.82, 2.24) is 10.4 Å². The zero-order valence-corrected chi connectivity index (χ0v) is 12.5. The van der Waals surface area contributed by atoms with E-state index in [-0.39, 0.29) is 23.7 Å². The summed E-state index contributed by atoms with van der Waals surface area (Å²) in [7, 11) is 0. The summed E-state index contributed by atoms with van der Waals surface area (Å²) in [6, 6.07) is 5.74. The molecule has 1 saturated heterocycles. The number of hydrogen-bond acceptors (Lipinski definition) is 4. The van der Waals surface area contributed by atoms with Gasteiger partial charge in [0.2, 0.25) is 0 Å². The van der Waals surface area contributed by atoms with Crippen LogP contribution in [0.3, 0.4) is 0 Å². The van der Waals surface area contributed by atoms with Crippen LogP contribution in [0.4, 0.5) is 4.39 Å². The van der Waals surface area contributed by atoms with E-state index >= 15 is 0 Å². The number of carbonyl (C=O) groups excluding carboxylic acids is 2. The lowest BCUT2D eigenvalue weighted by Crippen LogP contribution is -2.43. The monoisotopic (exact) mass is 316 g/mol. The summed E-state index contributed by atoms with van der Waals surface area (Å²) in [5, 5.41) is 0. The lowest BCUT2D eigenvalue weighted by molar-refractivity contribution is -0.146. The van der Waals surface area contributed by atoms with E-state index in [0.29, 0.717) is 16.8 Å². The Balaban J connectivity index is 1.70. The largest absolute Gasteiger partial charge is 0.273 e. The summed E-state index contributed by atoms with van der Waals surface area (Å²) < 4.78 is 13.1. The Labute approximate surface area is 133 Å². The molecule has 2 fully saturated rings. The maximum Gasteiger partial charge on any atom is 0.266 e. The van der Waals surface area contributed by atoms with Crippen molar-refractivity contribution in [3.05, 3.63) is 41.2 Å².